The highest BCUT2D eigenvalue weighted by molar-refractivity contribution is 6.30. The molecule has 22 heavy (non-hydrogen) atoms. The van der Waals surface area contributed by atoms with Gasteiger partial charge in [0, 0.05) is 10.6 Å². The highest BCUT2D eigenvalue weighted by Crippen LogP contribution is 2.23. The van der Waals surface area contributed by atoms with Crippen LogP contribution in [0.3, 0.4) is 0 Å². The van der Waals surface area contributed by atoms with Gasteiger partial charge in [0.2, 0.25) is 0 Å². The van der Waals surface area contributed by atoms with E-state index in [0.717, 1.165) is 5.56 Å². The molecule has 0 spiro atoms. The van der Waals surface area contributed by atoms with Crippen LogP contribution in [0.2, 0.25) is 5.02 Å². The molecule has 0 aliphatic heterocycles. The van der Waals surface area contributed by atoms with Crippen molar-refractivity contribution in [1.29, 1.82) is 5.26 Å². The molecular formula is C16H10ClFN4. The Kier molecular flexibility index (Phi) is 3.86. The highest BCUT2D eigenvalue weighted by atomic mass is 35.5. The Bertz CT molecular complexity index is 832. The van der Waals surface area contributed by atoms with E-state index >= 15 is 0 Å². The van der Waals surface area contributed by atoms with Crippen LogP contribution in [0.4, 0.5) is 4.39 Å². The lowest BCUT2D eigenvalue weighted by Crippen LogP contribution is -2.04. The number of halogens is 2. The molecule has 1 aromatic heterocycles. The molecule has 0 fully saturated rings. The van der Waals surface area contributed by atoms with Gasteiger partial charge in [-0.3, -0.25) is 0 Å². The summed E-state index contributed by atoms with van der Waals surface area (Å²) in [7, 11) is 0. The van der Waals surface area contributed by atoms with E-state index in [9.17, 15) is 9.65 Å². The molecule has 0 N–H and O–H groups in total. The second kappa shape index (κ2) is 5.96. The van der Waals surface area contributed by atoms with Crippen molar-refractivity contribution in [1.82, 2.24) is 15.0 Å². The summed E-state index contributed by atoms with van der Waals surface area (Å²) in [6.07, 6.45) is 0. The van der Waals surface area contributed by atoms with Gasteiger partial charge in [-0.15, -0.1) is 5.10 Å². The standard InChI is InChI=1S/C16H10ClFN4/c17-13-5-1-11(2-6-13)10-22-16(15(9-19)20-21-22)12-3-7-14(18)8-4-12/h1-8H,10H2. The number of rotatable bonds is 3. The third-order valence-electron chi connectivity index (χ3n) is 3.20. The fourth-order valence-corrected chi connectivity index (χ4v) is 2.28. The van der Waals surface area contributed by atoms with Crippen molar-refractivity contribution in [2.75, 3.05) is 0 Å². The molecule has 0 aliphatic carbocycles. The molecule has 2 aromatic carbocycles. The van der Waals surface area contributed by atoms with Crippen molar-refractivity contribution >= 4 is 11.6 Å². The third kappa shape index (κ3) is 2.83. The van der Waals surface area contributed by atoms with E-state index in [0.29, 0.717) is 22.8 Å². The summed E-state index contributed by atoms with van der Waals surface area (Å²) in [6.45, 7) is 0.443. The van der Waals surface area contributed by atoms with Gasteiger partial charge < -0.3 is 0 Å². The average Bonchev–Trinajstić information content (AvgIpc) is 2.93. The van der Waals surface area contributed by atoms with Crippen LogP contribution >= 0.6 is 11.6 Å². The van der Waals surface area contributed by atoms with Gasteiger partial charge >= 0.3 is 0 Å². The monoisotopic (exact) mass is 312 g/mol. The zero-order chi connectivity index (χ0) is 15.5. The minimum atomic E-state index is -0.334. The predicted molar refractivity (Wildman–Crippen MR) is 80.7 cm³/mol. The zero-order valence-corrected chi connectivity index (χ0v) is 12.1. The van der Waals surface area contributed by atoms with E-state index in [1.807, 2.05) is 18.2 Å². The van der Waals surface area contributed by atoms with Crippen LogP contribution in [0, 0.1) is 17.1 Å². The minimum absolute atomic E-state index is 0.209. The Morgan fingerprint density at radius 1 is 1.09 bits per heavy atom. The first-order chi connectivity index (χ1) is 10.7. The summed E-state index contributed by atoms with van der Waals surface area (Å²) in [5, 5.41) is 17.7. The van der Waals surface area contributed by atoms with E-state index in [-0.39, 0.29) is 11.5 Å². The van der Waals surface area contributed by atoms with Gasteiger partial charge in [-0.1, -0.05) is 28.9 Å². The number of nitriles is 1. The molecular weight excluding hydrogens is 303 g/mol. The van der Waals surface area contributed by atoms with Gasteiger partial charge in [0.1, 0.15) is 17.6 Å². The summed E-state index contributed by atoms with van der Waals surface area (Å²) >= 11 is 5.87. The molecule has 0 saturated heterocycles. The van der Waals surface area contributed by atoms with Gasteiger partial charge in [0.15, 0.2) is 5.69 Å². The van der Waals surface area contributed by atoms with E-state index in [4.69, 9.17) is 11.6 Å². The molecule has 0 atom stereocenters. The van der Waals surface area contributed by atoms with Gasteiger partial charge in [0.05, 0.1) is 6.54 Å². The molecule has 108 valence electrons. The zero-order valence-electron chi connectivity index (χ0n) is 11.4. The van der Waals surface area contributed by atoms with Gasteiger partial charge in [0.25, 0.3) is 0 Å². The summed E-state index contributed by atoms with van der Waals surface area (Å²) in [5.74, 6) is -0.334. The van der Waals surface area contributed by atoms with Crippen molar-refractivity contribution in [2.24, 2.45) is 0 Å². The maximum absolute atomic E-state index is 13.1. The first kappa shape index (κ1) is 14.2. The number of hydrogen-bond donors (Lipinski definition) is 0. The summed E-state index contributed by atoms with van der Waals surface area (Å²) < 4.78 is 14.7. The van der Waals surface area contributed by atoms with Crippen LogP contribution in [0.15, 0.2) is 48.5 Å². The van der Waals surface area contributed by atoms with Crippen LogP contribution in [-0.4, -0.2) is 15.0 Å². The van der Waals surface area contributed by atoms with Gasteiger partial charge in [-0.25, -0.2) is 9.07 Å². The molecule has 3 rings (SSSR count). The van der Waals surface area contributed by atoms with Crippen LogP contribution in [0.25, 0.3) is 11.3 Å². The molecule has 1 heterocycles. The Balaban J connectivity index is 2.02. The molecule has 0 saturated carbocycles. The van der Waals surface area contributed by atoms with Crippen molar-refractivity contribution in [3.63, 3.8) is 0 Å². The first-order valence-corrected chi connectivity index (χ1v) is 6.89. The van der Waals surface area contributed by atoms with E-state index in [2.05, 4.69) is 10.3 Å². The summed E-state index contributed by atoms with van der Waals surface area (Å²) in [4.78, 5) is 0. The lowest BCUT2D eigenvalue weighted by atomic mass is 10.1. The Morgan fingerprint density at radius 3 is 2.41 bits per heavy atom. The van der Waals surface area contributed by atoms with Crippen LogP contribution in [0.5, 0.6) is 0 Å². The summed E-state index contributed by atoms with van der Waals surface area (Å²) in [5.41, 5.74) is 2.44. The lowest BCUT2D eigenvalue weighted by Gasteiger charge is -2.07. The quantitative estimate of drug-likeness (QED) is 0.741. The minimum Gasteiger partial charge on any atom is -0.239 e. The van der Waals surface area contributed by atoms with Crippen molar-refractivity contribution in [3.05, 3.63) is 70.6 Å². The number of aromatic nitrogens is 3. The number of hydrogen-bond acceptors (Lipinski definition) is 3. The normalized spacial score (nSPS) is 10.4. The average molecular weight is 313 g/mol. The Morgan fingerprint density at radius 2 is 1.77 bits per heavy atom. The molecule has 3 aromatic rings. The van der Waals surface area contributed by atoms with Crippen molar-refractivity contribution in [3.8, 4) is 17.3 Å². The van der Waals surface area contributed by atoms with Crippen molar-refractivity contribution in [2.45, 2.75) is 6.54 Å². The molecule has 0 bridgehead atoms. The topological polar surface area (TPSA) is 54.5 Å². The first-order valence-electron chi connectivity index (χ1n) is 6.51. The van der Waals surface area contributed by atoms with Gasteiger partial charge in [-0.05, 0) is 42.0 Å². The van der Waals surface area contributed by atoms with E-state index in [1.165, 1.54) is 12.1 Å². The molecule has 6 heteroatoms. The fourth-order valence-electron chi connectivity index (χ4n) is 2.16. The molecule has 0 radical (unpaired) electrons. The highest BCUT2D eigenvalue weighted by Gasteiger charge is 2.15. The smallest absolute Gasteiger partial charge is 0.190 e. The maximum Gasteiger partial charge on any atom is 0.190 e. The largest absolute Gasteiger partial charge is 0.239 e. The van der Waals surface area contributed by atoms with E-state index < -0.39 is 0 Å². The Hall–Kier alpha value is -2.71. The van der Waals surface area contributed by atoms with Crippen molar-refractivity contribution < 1.29 is 4.39 Å². The second-order valence-electron chi connectivity index (χ2n) is 4.69. The predicted octanol–water partition coefficient (Wildman–Crippen LogP) is 3.66. The molecule has 4 nitrogen and oxygen atoms in total. The molecule has 0 aliphatic rings. The fraction of sp³-hybridized carbons (Fsp3) is 0.0625. The SMILES string of the molecule is N#Cc1nnn(Cc2ccc(Cl)cc2)c1-c1ccc(F)cc1. The molecule has 0 unspecified atom stereocenters. The molecule has 0 amide bonds. The summed E-state index contributed by atoms with van der Waals surface area (Å²) in [6, 6.07) is 15.2. The maximum atomic E-state index is 13.1. The van der Waals surface area contributed by atoms with Crippen LogP contribution in [0.1, 0.15) is 11.3 Å². The number of nitrogens with zero attached hydrogens (tertiary/aromatic N) is 4. The third-order valence-corrected chi connectivity index (χ3v) is 3.46. The lowest BCUT2D eigenvalue weighted by molar-refractivity contribution is 0.627. The van der Waals surface area contributed by atoms with E-state index in [1.54, 1.807) is 28.9 Å². The second-order valence-corrected chi connectivity index (χ2v) is 5.13. The van der Waals surface area contributed by atoms with Crippen LogP contribution < -0.4 is 0 Å². The van der Waals surface area contributed by atoms with Crippen LogP contribution in [-0.2, 0) is 6.54 Å². The Labute approximate surface area is 131 Å². The van der Waals surface area contributed by atoms with Gasteiger partial charge in [-0.2, -0.15) is 5.26 Å². The number of benzene rings is 2.